The van der Waals surface area contributed by atoms with Crippen molar-refractivity contribution in [1.82, 2.24) is 9.38 Å². The monoisotopic (exact) mass is 430 g/mol. The normalized spacial score (nSPS) is 29.8. The first-order valence-corrected chi connectivity index (χ1v) is 11.2. The van der Waals surface area contributed by atoms with Crippen LogP contribution in [-0.4, -0.2) is 23.6 Å². The Morgan fingerprint density at radius 1 is 0.966 bits per heavy atom. The summed E-state index contributed by atoms with van der Waals surface area (Å²) >= 11 is 1.73. The Labute approximate surface area is 181 Å². The van der Waals surface area contributed by atoms with Crippen LogP contribution in [0, 0.1) is 17.8 Å². The van der Waals surface area contributed by atoms with Crippen molar-refractivity contribution in [3.05, 3.63) is 35.5 Å². The summed E-state index contributed by atoms with van der Waals surface area (Å²) in [7, 11) is 3.40. The third-order valence-corrected chi connectivity index (χ3v) is 8.28. The zero-order chi connectivity index (χ0) is 18.9. The molecular formula is C23H27ClN2O2S. The van der Waals surface area contributed by atoms with E-state index in [1.165, 1.54) is 49.9 Å². The number of nitrogens with zero attached hydrogens (tertiary/aromatic N) is 2. The van der Waals surface area contributed by atoms with E-state index in [2.05, 4.69) is 28.1 Å². The van der Waals surface area contributed by atoms with Crippen LogP contribution in [0.5, 0.6) is 11.5 Å². The van der Waals surface area contributed by atoms with E-state index in [4.69, 9.17) is 14.5 Å². The second-order valence-corrected chi connectivity index (χ2v) is 10.0. The Balaban J connectivity index is 0.00000181. The van der Waals surface area contributed by atoms with Gasteiger partial charge in [0, 0.05) is 28.6 Å². The summed E-state index contributed by atoms with van der Waals surface area (Å²) in [6.45, 7) is 0. The Morgan fingerprint density at radius 2 is 1.55 bits per heavy atom. The van der Waals surface area contributed by atoms with E-state index in [-0.39, 0.29) is 12.4 Å². The summed E-state index contributed by atoms with van der Waals surface area (Å²) in [5.41, 5.74) is 3.95. The fraction of sp³-hybridized carbons (Fsp3) is 0.522. The SMILES string of the molecule is COc1cc(OC)cc(-c2csc3nc(C45CC6CC(CC(C6)C4)C5)cn23)c1.Cl. The van der Waals surface area contributed by atoms with Crippen molar-refractivity contribution >= 4 is 28.7 Å². The number of methoxy groups -OCH3 is 2. The van der Waals surface area contributed by atoms with Gasteiger partial charge < -0.3 is 9.47 Å². The third-order valence-electron chi connectivity index (χ3n) is 7.44. The smallest absolute Gasteiger partial charge is 0.194 e. The van der Waals surface area contributed by atoms with E-state index in [1.807, 2.05) is 6.07 Å². The Kier molecular flexibility index (Phi) is 4.59. The van der Waals surface area contributed by atoms with Crippen LogP contribution in [0.3, 0.4) is 0 Å². The third kappa shape index (κ3) is 2.97. The van der Waals surface area contributed by atoms with Crippen molar-refractivity contribution < 1.29 is 9.47 Å². The molecule has 4 fully saturated rings. The number of fused-ring (bicyclic) bond motifs is 1. The van der Waals surface area contributed by atoms with Crippen LogP contribution < -0.4 is 9.47 Å². The summed E-state index contributed by atoms with van der Waals surface area (Å²) in [5.74, 6) is 4.44. The zero-order valence-electron chi connectivity index (χ0n) is 16.9. The predicted octanol–water partition coefficient (Wildman–Crippen LogP) is 5.97. The second kappa shape index (κ2) is 6.92. The van der Waals surface area contributed by atoms with Gasteiger partial charge >= 0.3 is 0 Å². The molecule has 4 bridgehead atoms. The van der Waals surface area contributed by atoms with Gasteiger partial charge in [-0.15, -0.1) is 23.7 Å². The van der Waals surface area contributed by atoms with Gasteiger partial charge in [0.15, 0.2) is 4.96 Å². The number of thiazole rings is 1. The molecule has 6 heteroatoms. The van der Waals surface area contributed by atoms with E-state index in [0.717, 1.165) is 39.8 Å². The van der Waals surface area contributed by atoms with Crippen molar-refractivity contribution in [1.29, 1.82) is 0 Å². The van der Waals surface area contributed by atoms with Crippen molar-refractivity contribution in [3.8, 4) is 22.8 Å². The van der Waals surface area contributed by atoms with Crippen molar-refractivity contribution in [2.45, 2.75) is 43.9 Å². The number of hydrogen-bond acceptors (Lipinski definition) is 4. The second-order valence-electron chi connectivity index (χ2n) is 9.20. The molecule has 0 radical (unpaired) electrons. The van der Waals surface area contributed by atoms with Gasteiger partial charge in [0.25, 0.3) is 0 Å². The molecule has 0 N–H and O–H groups in total. The molecule has 29 heavy (non-hydrogen) atoms. The molecule has 0 atom stereocenters. The molecule has 0 spiro atoms. The highest BCUT2D eigenvalue weighted by atomic mass is 35.5. The summed E-state index contributed by atoms with van der Waals surface area (Å²) in [5, 5.41) is 2.19. The lowest BCUT2D eigenvalue weighted by Crippen LogP contribution is -2.48. The number of hydrogen-bond donors (Lipinski definition) is 0. The Morgan fingerprint density at radius 3 is 2.10 bits per heavy atom. The first kappa shape index (κ1) is 19.3. The molecule has 4 nitrogen and oxygen atoms in total. The standard InChI is InChI=1S/C23H26N2O2S.ClH/c1-26-18-6-17(7-19(8-18)27-2)20-13-28-22-24-21(12-25(20)22)23-9-14-3-15(10-23)5-16(4-14)11-23;/h6-8,12-16H,3-5,9-11H2,1-2H3;1H. The summed E-state index contributed by atoms with van der Waals surface area (Å²) in [6, 6.07) is 6.07. The summed E-state index contributed by atoms with van der Waals surface area (Å²) in [4.78, 5) is 6.25. The van der Waals surface area contributed by atoms with E-state index in [1.54, 1.807) is 25.6 Å². The molecule has 4 aliphatic carbocycles. The minimum atomic E-state index is 0. The predicted molar refractivity (Wildman–Crippen MR) is 119 cm³/mol. The minimum absolute atomic E-state index is 0. The number of ether oxygens (including phenoxy) is 2. The maximum Gasteiger partial charge on any atom is 0.194 e. The van der Waals surface area contributed by atoms with Crippen LogP contribution in [0.2, 0.25) is 0 Å². The molecule has 2 heterocycles. The zero-order valence-corrected chi connectivity index (χ0v) is 18.5. The first-order valence-electron chi connectivity index (χ1n) is 10.4. The fourth-order valence-corrected chi connectivity index (χ4v) is 7.51. The molecule has 4 aliphatic rings. The molecule has 154 valence electrons. The lowest BCUT2D eigenvalue weighted by molar-refractivity contribution is -0.00696. The van der Waals surface area contributed by atoms with Crippen molar-refractivity contribution in [2.75, 3.05) is 14.2 Å². The molecule has 0 amide bonds. The van der Waals surface area contributed by atoms with Crippen LogP contribution in [0.15, 0.2) is 29.8 Å². The van der Waals surface area contributed by atoms with Gasteiger partial charge in [-0.1, -0.05) is 0 Å². The maximum absolute atomic E-state index is 5.48. The van der Waals surface area contributed by atoms with E-state index in [0.29, 0.717) is 5.41 Å². The van der Waals surface area contributed by atoms with Crippen LogP contribution >= 0.6 is 23.7 Å². The van der Waals surface area contributed by atoms with Gasteiger partial charge in [-0.05, 0) is 68.4 Å². The molecule has 1 aromatic carbocycles. The van der Waals surface area contributed by atoms with Crippen LogP contribution in [0.4, 0.5) is 0 Å². The van der Waals surface area contributed by atoms with Gasteiger partial charge in [0.05, 0.1) is 25.6 Å². The summed E-state index contributed by atoms with van der Waals surface area (Å²) in [6.07, 6.45) is 10.8. The van der Waals surface area contributed by atoms with Gasteiger partial charge in [-0.25, -0.2) is 4.98 Å². The van der Waals surface area contributed by atoms with Gasteiger partial charge in [0.1, 0.15) is 11.5 Å². The van der Waals surface area contributed by atoms with Crippen molar-refractivity contribution in [3.63, 3.8) is 0 Å². The Bertz CT molecular complexity index is 999. The average molecular weight is 431 g/mol. The van der Waals surface area contributed by atoms with Gasteiger partial charge in [-0.3, -0.25) is 4.40 Å². The molecule has 0 aliphatic heterocycles. The quantitative estimate of drug-likeness (QED) is 0.511. The summed E-state index contributed by atoms with van der Waals surface area (Å²) < 4.78 is 13.2. The first-order chi connectivity index (χ1) is 13.7. The lowest BCUT2D eigenvalue weighted by atomic mass is 9.49. The molecule has 4 saturated carbocycles. The van der Waals surface area contributed by atoms with Gasteiger partial charge in [0.2, 0.25) is 0 Å². The van der Waals surface area contributed by atoms with E-state index < -0.39 is 0 Å². The van der Waals surface area contributed by atoms with Crippen LogP contribution in [-0.2, 0) is 5.41 Å². The highest BCUT2D eigenvalue weighted by Crippen LogP contribution is 2.60. The van der Waals surface area contributed by atoms with Gasteiger partial charge in [-0.2, -0.15) is 0 Å². The highest BCUT2D eigenvalue weighted by Gasteiger charge is 2.52. The Hall–Kier alpha value is -1.72. The van der Waals surface area contributed by atoms with Crippen LogP contribution in [0.25, 0.3) is 16.2 Å². The average Bonchev–Trinajstić information content (AvgIpc) is 3.27. The number of aromatic nitrogens is 2. The molecule has 2 aromatic heterocycles. The molecule has 7 rings (SSSR count). The topological polar surface area (TPSA) is 35.8 Å². The molecular weight excluding hydrogens is 404 g/mol. The van der Waals surface area contributed by atoms with E-state index >= 15 is 0 Å². The van der Waals surface area contributed by atoms with Crippen LogP contribution in [0.1, 0.15) is 44.2 Å². The largest absolute Gasteiger partial charge is 0.497 e. The maximum atomic E-state index is 5.48. The van der Waals surface area contributed by atoms with Crippen molar-refractivity contribution in [2.24, 2.45) is 17.8 Å². The fourth-order valence-electron chi connectivity index (χ4n) is 6.63. The lowest BCUT2D eigenvalue weighted by Gasteiger charge is -2.56. The number of rotatable bonds is 4. The minimum Gasteiger partial charge on any atom is -0.497 e. The molecule has 3 aromatic rings. The number of imidazole rings is 1. The number of halogens is 1. The highest BCUT2D eigenvalue weighted by molar-refractivity contribution is 7.15. The molecule has 0 saturated heterocycles. The van der Waals surface area contributed by atoms with E-state index in [9.17, 15) is 0 Å². The molecule has 0 unspecified atom stereocenters. The number of benzene rings is 1.